The molecule has 2 heterocycles. The summed E-state index contributed by atoms with van der Waals surface area (Å²) in [6, 6.07) is 11.7. The fourth-order valence-corrected chi connectivity index (χ4v) is 3.14. The Kier molecular flexibility index (Phi) is 2.98. The minimum Gasteiger partial charge on any atom is -0.325 e. The highest BCUT2D eigenvalue weighted by Gasteiger charge is 2.23. The number of anilines is 2. The van der Waals surface area contributed by atoms with Crippen molar-refractivity contribution >= 4 is 45.6 Å². The van der Waals surface area contributed by atoms with E-state index in [1.54, 1.807) is 6.33 Å². The Morgan fingerprint density at radius 3 is 2.67 bits per heavy atom. The fourth-order valence-electron chi connectivity index (χ4n) is 2.80. The van der Waals surface area contributed by atoms with Crippen LogP contribution < -0.4 is 4.90 Å². The molecule has 0 spiro atoms. The van der Waals surface area contributed by atoms with E-state index in [2.05, 4.69) is 20.9 Å². The third kappa shape index (κ3) is 2.13. The van der Waals surface area contributed by atoms with E-state index >= 15 is 0 Å². The van der Waals surface area contributed by atoms with Crippen LogP contribution in [0.5, 0.6) is 0 Å². The van der Waals surface area contributed by atoms with Gasteiger partial charge in [0.1, 0.15) is 12.1 Å². The topological polar surface area (TPSA) is 29.0 Å². The Morgan fingerprint density at radius 2 is 1.76 bits per heavy atom. The van der Waals surface area contributed by atoms with Crippen molar-refractivity contribution in [2.75, 3.05) is 11.4 Å². The monoisotopic (exact) mass is 315 g/mol. The van der Waals surface area contributed by atoms with Gasteiger partial charge in [-0.15, -0.1) is 0 Å². The summed E-state index contributed by atoms with van der Waals surface area (Å²) in [4.78, 5) is 11.0. The van der Waals surface area contributed by atoms with Crippen molar-refractivity contribution < 1.29 is 0 Å². The minimum absolute atomic E-state index is 0.678. The Balaban J connectivity index is 1.91. The summed E-state index contributed by atoms with van der Waals surface area (Å²) < 4.78 is 0. The summed E-state index contributed by atoms with van der Waals surface area (Å²) in [5, 5.41) is 2.41. The summed E-state index contributed by atoms with van der Waals surface area (Å²) in [5.41, 5.74) is 3.26. The van der Waals surface area contributed by atoms with Crippen LogP contribution in [-0.4, -0.2) is 16.5 Å². The van der Waals surface area contributed by atoms with Gasteiger partial charge in [-0.3, -0.25) is 0 Å². The third-order valence-corrected chi connectivity index (χ3v) is 4.25. The van der Waals surface area contributed by atoms with Gasteiger partial charge in [0, 0.05) is 27.7 Å². The van der Waals surface area contributed by atoms with E-state index in [-0.39, 0.29) is 0 Å². The molecular weight excluding hydrogens is 305 g/mol. The maximum absolute atomic E-state index is 6.14. The van der Waals surface area contributed by atoms with Crippen LogP contribution >= 0.6 is 23.2 Å². The lowest BCUT2D eigenvalue weighted by Crippen LogP contribution is -2.15. The van der Waals surface area contributed by atoms with Gasteiger partial charge in [-0.2, -0.15) is 0 Å². The van der Waals surface area contributed by atoms with Gasteiger partial charge < -0.3 is 4.90 Å². The second-order valence-corrected chi connectivity index (χ2v) is 5.91. The predicted molar refractivity (Wildman–Crippen MR) is 86.7 cm³/mol. The Morgan fingerprint density at radius 1 is 0.952 bits per heavy atom. The fraction of sp³-hybridized carbons (Fsp3) is 0.125. The molecule has 0 amide bonds. The van der Waals surface area contributed by atoms with Crippen LogP contribution in [0.1, 0.15) is 5.56 Å². The first-order chi connectivity index (χ1) is 10.2. The van der Waals surface area contributed by atoms with Gasteiger partial charge >= 0.3 is 0 Å². The van der Waals surface area contributed by atoms with Gasteiger partial charge in [-0.25, -0.2) is 9.97 Å². The molecule has 1 aromatic heterocycles. The van der Waals surface area contributed by atoms with E-state index in [0.717, 1.165) is 40.4 Å². The van der Waals surface area contributed by atoms with E-state index in [0.29, 0.717) is 5.02 Å². The normalized spacial score (nSPS) is 13.7. The lowest BCUT2D eigenvalue weighted by molar-refractivity contribution is 0.975. The molecule has 0 bridgehead atoms. The summed E-state index contributed by atoms with van der Waals surface area (Å²) in [6.07, 6.45) is 2.57. The molecule has 3 aromatic rings. The SMILES string of the molecule is Clc1ccc2c(c1)N(c1ncnc3cc(Cl)ccc13)CC2. The second kappa shape index (κ2) is 4.86. The molecule has 5 heteroatoms. The molecule has 0 fully saturated rings. The van der Waals surface area contributed by atoms with Gasteiger partial charge in [0.2, 0.25) is 0 Å². The van der Waals surface area contributed by atoms with Crippen molar-refractivity contribution in [3.8, 4) is 0 Å². The zero-order chi connectivity index (χ0) is 14.4. The van der Waals surface area contributed by atoms with Gasteiger partial charge in [-0.05, 0) is 42.3 Å². The number of halogens is 2. The largest absolute Gasteiger partial charge is 0.325 e. The van der Waals surface area contributed by atoms with Crippen molar-refractivity contribution in [3.05, 3.63) is 58.3 Å². The van der Waals surface area contributed by atoms with Crippen LogP contribution in [0.3, 0.4) is 0 Å². The lowest BCUT2D eigenvalue weighted by Gasteiger charge is -2.20. The van der Waals surface area contributed by atoms with E-state index in [1.165, 1.54) is 5.56 Å². The Labute approximate surface area is 132 Å². The molecule has 0 saturated carbocycles. The molecule has 0 unspecified atom stereocenters. The van der Waals surface area contributed by atoms with Crippen molar-refractivity contribution in [2.45, 2.75) is 6.42 Å². The Hall–Kier alpha value is -1.84. The molecule has 0 saturated heterocycles. The summed E-state index contributed by atoms with van der Waals surface area (Å²) >= 11 is 12.2. The van der Waals surface area contributed by atoms with E-state index in [4.69, 9.17) is 23.2 Å². The average molecular weight is 316 g/mol. The summed E-state index contributed by atoms with van der Waals surface area (Å²) in [6.45, 7) is 0.893. The number of aromatic nitrogens is 2. The van der Waals surface area contributed by atoms with E-state index in [9.17, 15) is 0 Å². The van der Waals surface area contributed by atoms with Gasteiger partial charge in [0.05, 0.1) is 5.52 Å². The molecule has 0 N–H and O–H groups in total. The molecule has 4 rings (SSSR count). The quantitative estimate of drug-likeness (QED) is 0.655. The summed E-state index contributed by atoms with van der Waals surface area (Å²) in [5.74, 6) is 0.901. The molecule has 1 aliphatic rings. The van der Waals surface area contributed by atoms with Crippen LogP contribution in [0, 0.1) is 0 Å². The molecule has 3 nitrogen and oxygen atoms in total. The first-order valence-corrected chi connectivity index (χ1v) is 7.44. The van der Waals surface area contributed by atoms with E-state index in [1.807, 2.05) is 30.3 Å². The summed E-state index contributed by atoms with van der Waals surface area (Å²) in [7, 11) is 0. The van der Waals surface area contributed by atoms with Crippen molar-refractivity contribution in [1.29, 1.82) is 0 Å². The zero-order valence-corrected chi connectivity index (χ0v) is 12.6. The van der Waals surface area contributed by atoms with Crippen molar-refractivity contribution in [1.82, 2.24) is 9.97 Å². The first kappa shape index (κ1) is 12.9. The first-order valence-electron chi connectivity index (χ1n) is 6.68. The van der Waals surface area contributed by atoms with E-state index < -0.39 is 0 Å². The van der Waals surface area contributed by atoms with Gasteiger partial charge in [0.15, 0.2) is 0 Å². The highest BCUT2D eigenvalue weighted by atomic mass is 35.5. The highest BCUT2D eigenvalue weighted by Crippen LogP contribution is 2.38. The number of benzene rings is 2. The van der Waals surface area contributed by atoms with Gasteiger partial charge in [0.25, 0.3) is 0 Å². The average Bonchev–Trinajstić information content (AvgIpc) is 2.89. The zero-order valence-electron chi connectivity index (χ0n) is 11.1. The number of hydrogen-bond acceptors (Lipinski definition) is 3. The maximum atomic E-state index is 6.14. The van der Waals surface area contributed by atoms with Crippen LogP contribution in [-0.2, 0) is 6.42 Å². The van der Waals surface area contributed by atoms with Crippen LogP contribution in [0.2, 0.25) is 10.0 Å². The number of nitrogens with zero attached hydrogens (tertiary/aromatic N) is 3. The molecule has 1 aliphatic heterocycles. The molecule has 2 aromatic carbocycles. The molecule has 0 radical (unpaired) electrons. The van der Waals surface area contributed by atoms with Crippen LogP contribution in [0.25, 0.3) is 10.9 Å². The second-order valence-electron chi connectivity index (χ2n) is 5.03. The standard InChI is InChI=1S/C16H11Cl2N3/c17-11-3-4-13-14(7-11)19-9-20-16(13)21-6-5-10-1-2-12(18)8-15(10)21/h1-4,7-9H,5-6H2. The van der Waals surface area contributed by atoms with Gasteiger partial charge in [-0.1, -0.05) is 29.3 Å². The van der Waals surface area contributed by atoms with Crippen molar-refractivity contribution in [2.24, 2.45) is 0 Å². The molecule has 21 heavy (non-hydrogen) atoms. The van der Waals surface area contributed by atoms with Crippen molar-refractivity contribution in [3.63, 3.8) is 0 Å². The molecule has 104 valence electrons. The number of hydrogen-bond donors (Lipinski definition) is 0. The van der Waals surface area contributed by atoms with Crippen LogP contribution in [0.15, 0.2) is 42.7 Å². The van der Waals surface area contributed by atoms with Crippen LogP contribution in [0.4, 0.5) is 11.5 Å². The molecule has 0 atom stereocenters. The number of rotatable bonds is 1. The number of fused-ring (bicyclic) bond motifs is 2. The molecule has 0 aliphatic carbocycles. The lowest BCUT2D eigenvalue weighted by atomic mass is 10.2. The smallest absolute Gasteiger partial charge is 0.144 e. The molecular formula is C16H11Cl2N3. The minimum atomic E-state index is 0.678. The third-order valence-electron chi connectivity index (χ3n) is 3.78. The maximum Gasteiger partial charge on any atom is 0.144 e. The predicted octanol–water partition coefficient (Wildman–Crippen LogP) is 4.63. The highest BCUT2D eigenvalue weighted by molar-refractivity contribution is 6.31. The Bertz CT molecular complexity index is 848.